The average molecular weight is 549 g/mol. The van der Waals surface area contributed by atoms with Crippen LogP contribution < -0.4 is 19.1 Å². The van der Waals surface area contributed by atoms with E-state index in [9.17, 15) is 13.2 Å². The molecule has 0 heterocycles. The molecular formula is C26H29ClN2O5S2. The van der Waals surface area contributed by atoms with Gasteiger partial charge in [0.05, 0.1) is 24.8 Å². The summed E-state index contributed by atoms with van der Waals surface area (Å²) in [5, 5.41) is 3.57. The van der Waals surface area contributed by atoms with Crippen molar-refractivity contribution in [2.45, 2.75) is 17.1 Å². The summed E-state index contributed by atoms with van der Waals surface area (Å²) in [5.41, 5.74) is 1.37. The van der Waals surface area contributed by atoms with Crippen LogP contribution in [0.3, 0.4) is 0 Å². The molecular weight excluding hydrogens is 520 g/mol. The van der Waals surface area contributed by atoms with Gasteiger partial charge in [-0.3, -0.25) is 9.10 Å². The molecule has 3 aromatic carbocycles. The molecule has 1 amide bonds. The topological polar surface area (TPSA) is 84.9 Å². The molecule has 3 rings (SSSR count). The Morgan fingerprint density at radius 1 is 0.972 bits per heavy atom. The van der Waals surface area contributed by atoms with Crippen molar-refractivity contribution < 1.29 is 22.7 Å². The molecule has 3 aromatic rings. The molecule has 0 unspecified atom stereocenters. The highest BCUT2D eigenvalue weighted by Crippen LogP contribution is 2.33. The van der Waals surface area contributed by atoms with Gasteiger partial charge in [0.15, 0.2) is 11.5 Å². The first-order valence-electron chi connectivity index (χ1n) is 11.2. The summed E-state index contributed by atoms with van der Waals surface area (Å²) in [6, 6.07) is 20.4. The monoisotopic (exact) mass is 548 g/mol. The van der Waals surface area contributed by atoms with Gasteiger partial charge >= 0.3 is 0 Å². The molecule has 192 valence electrons. The van der Waals surface area contributed by atoms with E-state index in [-0.39, 0.29) is 11.4 Å². The van der Waals surface area contributed by atoms with Gasteiger partial charge in [-0.1, -0.05) is 48.0 Å². The van der Waals surface area contributed by atoms with Crippen molar-refractivity contribution in [2.24, 2.45) is 0 Å². The first kappa shape index (κ1) is 27.7. The molecule has 1 N–H and O–H groups in total. The fourth-order valence-electron chi connectivity index (χ4n) is 3.40. The third kappa shape index (κ3) is 7.32. The fraction of sp³-hybridized carbons (Fsp3) is 0.269. The van der Waals surface area contributed by atoms with Gasteiger partial charge in [-0.25, -0.2) is 8.42 Å². The van der Waals surface area contributed by atoms with Crippen LogP contribution in [0.25, 0.3) is 0 Å². The molecule has 0 spiro atoms. The highest BCUT2D eigenvalue weighted by molar-refractivity contribution is 7.98. The molecule has 0 aromatic heterocycles. The van der Waals surface area contributed by atoms with Crippen LogP contribution in [-0.2, 0) is 20.6 Å². The van der Waals surface area contributed by atoms with Crippen LogP contribution in [0.2, 0.25) is 5.02 Å². The van der Waals surface area contributed by atoms with Crippen LogP contribution in [0.15, 0.2) is 77.7 Å². The Hall–Kier alpha value is -2.88. The lowest BCUT2D eigenvalue weighted by molar-refractivity contribution is -0.119. The number of carbonyl (C=O) groups is 1. The molecule has 7 nitrogen and oxygen atoms in total. The average Bonchev–Trinajstić information content (AvgIpc) is 2.90. The number of nitrogens with zero attached hydrogens (tertiary/aromatic N) is 1. The Bertz CT molecular complexity index is 1260. The molecule has 36 heavy (non-hydrogen) atoms. The predicted molar refractivity (Wildman–Crippen MR) is 146 cm³/mol. The second-order valence-corrected chi connectivity index (χ2v) is 11.1. The number of rotatable bonds is 13. The molecule has 0 saturated heterocycles. The number of nitrogens with one attached hydrogen (secondary N) is 1. The lowest BCUT2D eigenvalue weighted by atomic mass is 10.2. The summed E-state index contributed by atoms with van der Waals surface area (Å²) in [6.07, 6.45) is 0.739. The van der Waals surface area contributed by atoms with Gasteiger partial charge in [0.1, 0.15) is 6.54 Å². The predicted octanol–water partition coefficient (Wildman–Crippen LogP) is 4.99. The molecule has 0 radical (unpaired) electrons. The Balaban J connectivity index is 1.65. The summed E-state index contributed by atoms with van der Waals surface area (Å²) in [7, 11) is -1.05. The van der Waals surface area contributed by atoms with E-state index in [4.69, 9.17) is 21.1 Å². The quantitative estimate of drug-likeness (QED) is 0.303. The van der Waals surface area contributed by atoms with E-state index in [2.05, 4.69) is 5.32 Å². The number of anilines is 1. The number of thioether (sulfide) groups is 1. The number of ether oxygens (including phenoxy) is 2. The highest BCUT2D eigenvalue weighted by Gasteiger charge is 2.28. The van der Waals surface area contributed by atoms with Crippen molar-refractivity contribution >= 4 is 45.0 Å². The van der Waals surface area contributed by atoms with Crippen LogP contribution in [-0.4, -0.2) is 47.4 Å². The zero-order chi connectivity index (χ0) is 26.0. The first-order chi connectivity index (χ1) is 17.4. The Morgan fingerprint density at radius 3 is 2.36 bits per heavy atom. The van der Waals surface area contributed by atoms with Crippen molar-refractivity contribution in [1.29, 1.82) is 0 Å². The standard InChI is InChI=1S/C26H29ClN2O5S2/c1-33-24-14-13-21(17-25(24)34-2)29(36(31,32)22-10-4-3-5-11-22)18-26(30)28-15-8-16-35-19-20-9-6-7-12-23(20)27/h3-7,9-14,17H,8,15-16,18-19H2,1-2H3,(H,28,30). The second kappa shape index (κ2) is 13.4. The lowest BCUT2D eigenvalue weighted by Crippen LogP contribution is -2.41. The SMILES string of the molecule is COc1ccc(N(CC(=O)NCCCSCc2ccccc2Cl)S(=O)(=O)c2ccccc2)cc1OC. The molecule has 0 bridgehead atoms. The molecule has 0 aliphatic carbocycles. The van der Waals surface area contributed by atoms with Gasteiger partial charge < -0.3 is 14.8 Å². The van der Waals surface area contributed by atoms with E-state index in [1.807, 2.05) is 24.3 Å². The number of hydrogen-bond donors (Lipinski definition) is 1. The maximum atomic E-state index is 13.5. The summed E-state index contributed by atoms with van der Waals surface area (Å²) < 4.78 is 38.6. The van der Waals surface area contributed by atoms with E-state index >= 15 is 0 Å². The van der Waals surface area contributed by atoms with Crippen molar-refractivity contribution in [1.82, 2.24) is 5.32 Å². The molecule has 0 fully saturated rings. The van der Waals surface area contributed by atoms with Crippen molar-refractivity contribution in [3.05, 3.63) is 83.4 Å². The smallest absolute Gasteiger partial charge is 0.264 e. The minimum absolute atomic E-state index is 0.0866. The van der Waals surface area contributed by atoms with Crippen LogP contribution in [0.5, 0.6) is 11.5 Å². The summed E-state index contributed by atoms with van der Waals surface area (Å²) >= 11 is 7.91. The number of sulfonamides is 1. The number of hydrogen-bond acceptors (Lipinski definition) is 6. The van der Waals surface area contributed by atoms with E-state index in [1.54, 1.807) is 42.1 Å². The number of carbonyl (C=O) groups excluding carboxylic acids is 1. The summed E-state index contributed by atoms with van der Waals surface area (Å²) in [5.74, 6) is 2.03. The minimum Gasteiger partial charge on any atom is -0.493 e. The Kier molecular flexibility index (Phi) is 10.3. The third-order valence-corrected chi connectivity index (χ3v) is 8.53. The lowest BCUT2D eigenvalue weighted by Gasteiger charge is -2.25. The molecule has 0 atom stereocenters. The van der Waals surface area contributed by atoms with E-state index in [0.717, 1.165) is 32.8 Å². The van der Waals surface area contributed by atoms with E-state index < -0.39 is 15.9 Å². The zero-order valence-corrected chi connectivity index (χ0v) is 22.5. The van der Waals surface area contributed by atoms with E-state index in [0.29, 0.717) is 23.7 Å². The Morgan fingerprint density at radius 2 is 1.67 bits per heavy atom. The van der Waals surface area contributed by atoms with Gasteiger partial charge in [-0.2, -0.15) is 11.8 Å². The third-order valence-electron chi connectivity index (χ3n) is 5.28. The van der Waals surface area contributed by atoms with Gasteiger partial charge in [0.2, 0.25) is 5.91 Å². The van der Waals surface area contributed by atoms with Crippen molar-refractivity contribution in [3.63, 3.8) is 0 Å². The second-order valence-electron chi connectivity index (χ2n) is 7.71. The summed E-state index contributed by atoms with van der Waals surface area (Å²) in [4.78, 5) is 12.9. The molecule has 0 aliphatic heterocycles. The highest BCUT2D eigenvalue weighted by atomic mass is 35.5. The van der Waals surface area contributed by atoms with Crippen molar-refractivity contribution in [2.75, 3.05) is 37.4 Å². The van der Waals surface area contributed by atoms with Gasteiger partial charge in [-0.15, -0.1) is 0 Å². The zero-order valence-electron chi connectivity index (χ0n) is 20.1. The van der Waals surface area contributed by atoms with E-state index in [1.165, 1.54) is 32.4 Å². The normalized spacial score (nSPS) is 11.1. The number of methoxy groups -OCH3 is 2. The van der Waals surface area contributed by atoms with Crippen LogP contribution in [0, 0.1) is 0 Å². The number of halogens is 1. The first-order valence-corrected chi connectivity index (χ1v) is 14.2. The fourth-order valence-corrected chi connectivity index (χ4v) is 6.08. The van der Waals surface area contributed by atoms with Crippen LogP contribution in [0.1, 0.15) is 12.0 Å². The molecule has 0 saturated carbocycles. The minimum atomic E-state index is -4.01. The van der Waals surface area contributed by atoms with Gasteiger partial charge in [-0.05, 0) is 48.1 Å². The number of benzene rings is 3. The maximum absolute atomic E-state index is 13.5. The van der Waals surface area contributed by atoms with Crippen LogP contribution >= 0.6 is 23.4 Å². The van der Waals surface area contributed by atoms with Gasteiger partial charge in [0.25, 0.3) is 10.0 Å². The Labute approximate surface area is 221 Å². The van der Waals surface area contributed by atoms with Crippen LogP contribution in [0.4, 0.5) is 5.69 Å². The molecule has 0 aliphatic rings. The van der Waals surface area contributed by atoms with Crippen molar-refractivity contribution in [3.8, 4) is 11.5 Å². The summed E-state index contributed by atoms with van der Waals surface area (Å²) in [6.45, 7) is 0.0546. The molecule has 10 heteroatoms. The maximum Gasteiger partial charge on any atom is 0.264 e. The van der Waals surface area contributed by atoms with Gasteiger partial charge in [0, 0.05) is 23.4 Å². The number of amides is 1. The largest absolute Gasteiger partial charge is 0.493 e.